The number of amides is 1. The summed E-state index contributed by atoms with van der Waals surface area (Å²) >= 11 is 3.28. The lowest BCUT2D eigenvalue weighted by Gasteiger charge is -2.23. The highest BCUT2D eigenvalue weighted by molar-refractivity contribution is 9.10. The third-order valence-corrected chi connectivity index (χ3v) is 4.98. The molecule has 2 N–H and O–H groups in total. The van der Waals surface area contributed by atoms with Gasteiger partial charge >= 0.3 is 0 Å². The third-order valence-electron chi connectivity index (χ3n) is 4.57. The minimum absolute atomic E-state index is 0.0154. The average Bonchev–Trinajstić information content (AvgIpc) is 3.36. The molecule has 0 saturated heterocycles. The second-order valence-corrected chi connectivity index (χ2v) is 7.13. The SMILES string of the molecule is O=C(N[C@@H]1CCC[C@@H]1Nc1cnc(Br)cn1)c1ccccc1-n1nccn1. The topological polar surface area (TPSA) is 97.6 Å². The summed E-state index contributed by atoms with van der Waals surface area (Å²) < 4.78 is 0.688. The molecular formula is C18H18BrN7O. The van der Waals surface area contributed by atoms with Crippen molar-refractivity contribution in [3.8, 4) is 5.69 Å². The van der Waals surface area contributed by atoms with Gasteiger partial charge in [0, 0.05) is 12.1 Å². The predicted octanol–water partition coefficient (Wildman–Crippen LogP) is 2.58. The van der Waals surface area contributed by atoms with E-state index >= 15 is 0 Å². The number of aromatic nitrogens is 5. The number of halogens is 1. The maximum absolute atomic E-state index is 12.9. The van der Waals surface area contributed by atoms with Gasteiger partial charge in [-0.3, -0.25) is 4.79 Å². The van der Waals surface area contributed by atoms with E-state index in [0.29, 0.717) is 21.7 Å². The molecule has 4 rings (SSSR count). The molecule has 0 aliphatic heterocycles. The molecule has 2 heterocycles. The summed E-state index contributed by atoms with van der Waals surface area (Å²) in [7, 11) is 0. The predicted molar refractivity (Wildman–Crippen MR) is 104 cm³/mol. The lowest BCUT2D eigenvalue weighted by Crippen LogP contribution is -2.43. The lowest BCUT2D eigenvalue weighted by atomic mass is 10.1. The third kappa shape index (κ3) is 3.97. The van der Waals surface area contributed by atoms with E-state index in [9.17, 15) is 4.79 Å². The molecule has 2 atom stereocenters. The van der Waals surface area contributed by atoms with Gasteiger partial charge in [-0.25, -0.2) is 9.97 Å². The Morgan fingerprint density at radius 3 is 2.63 bits per heavy atom. The summed E-state index contributed by atoms with van der Waals surface area (Å²) in [5, 5.41) is 14.8. The summed E-state index contributed by atoms with van der Waals surface area (Å²) in [6, 6.07) is 7.44. The Morgan fingerprint density at radius 2 is 1.85 bits per heavy atom. The maximum atomic E-state index is 12.9. The van der Waals surface area contributed by atoms with E-state index in [0.717, 1.165) is 19.3 Å². The molecule has 2 aromatic heterocycles. The molecule has 1 aliphatic rings. The highest BCUT2D eigenvalue weighted by Gasteiger charge is 2.29. The highest BCUT2D eigenvalue weighted by Crippen LogP contribution is 2.23. The zero-order valence-corrected chi connectivity index (χ0v) is 16.0. The van der Waals surface area contributed by atoms with E-state index in [1.54, 1.807) is 30.9 Å². The van der Waals surface area contributed by atoms with Crippen molar-refractivity contribution in [3.05, 3.63) is 59.2 Å². The normalized spacial score (nSPS) is 19.0. The summed E-state index contributed by atoms with van der Waals surface area (Å²) in [6.45, 7) is 0. The molecule has 1 saturated carbocycles. The Morgan fingerprint density at radius 1 is 1.07 bits per heavy atom. The minimum atomic E-state index is -0.136. The highest BCUT2D eigenvalue weighted by atomic mass is 79.9. The van der Waals surface area contributed by atoms with E-state index in [2.05, 4.69) is 46.7 Å². The fourth-order valence-electron chi connectivity index (χ4n) is 3.31. The first-order valence-electron chi connectivity index (χ1n) is 8.71. The van der Waals surface area contributed by atoms with Crippen LogP contribution in [0.3, 0.4) is 0 Å². The molecule has 9 heteroatoms. The van der Waals surface area contributed by atoms with Gasteiger partial charge in [0.1, 0.15) is 10.4 Å². The van der Waals surface area contributed by atoms with Gasteiger partial charge in [0.05, 0.1) is 36.0 Å². The Hall–Kier alpha value is -2.81. The molecule has 138 valence electrons. The van der Waals surface area contributed by atoms with Crippen molar-refractivity contribution in [1.82, 2.24) is 30.3 Å². The van der Waals surface area contributed by atoms with Crippen LogP contribution in [0, 0.1) is 0 Å². The first-order chi connectivity index (χ1) is 13.2. The Labute approximate surface area is 164 Å². The quantitative estimate of drug-likeness (QED) is 0.649. The Bertz CT molecular complexity index is 914. The molecule has 0 unspecified atom stereocenters. The minimum Gasteiger partial charge on any atom is -0.364 e. The summed E-state index contributed by atoms with van der Waals surface area (Å²) in [4.78, 5) is 22.9. The molecule has 27 heavy (non-hydrogen) atoms. The number of hydrogen-bond donors (Lipinski definition) is 2. The molecule has 0 spiro atoms. The van der Waals surface area contributed by atoms with Crippen molar-refractivity contribution in [2.45, 2.75) is 31.3 Å². The second-order valence-electron chi connectivity index (χ2n) is 6.32. The van der Waals surface area contributed by atoms with Gasteiger partial charge in [-0.05, 0) is 47.3 Å². The Kier molecular flexibility index (Phi) is 5.10. The summed E-state index contributed by atoms with van der Waals surface area (Å²) in [6.07, 6.45) is 9.42. The van der Waals surface area contributed by atoms with Gasteiger partial charge in [0.15, 0.2) is 0 Å². The molecule has 3 aromatic rings. The number of benzene rings is 1. The number of carbonyl (C=O) groups is 1. The Balaban J connectivity index is 1.48. The summed E-state index contributed by atoms with van der Waals surface area (Å²) in [5.41, 5.74) is 1.20. The van der Waals surface area contributed by atoms with Gasteiger partial charge in [0.2, 0.25) is 0 Å². The van der Waals surface area contributed by atoms with Crippen LogP contribution >= 0.6 is 15.9 Å². The van der Waals surface area contributed by atoms with Crippen LogP contribution in [0.25, 0.3) is 5.69 Å². The van der Waals surface area contributed by atoms with Crippen LogP contribution in [0.4, 0.5) is 5.82 Å². The molecule has 0 radical (unpaired) electrons. The number of rotatable bonds is 5. The number of nitrogens with one attached hydrogen (secondary N) is 2. The molecule has 1 amide bonds. The standard InChI is InChI=1S/C18H18BrN7O/c19-16-10-21-17(11-20-16)24-13-5-3-6-14(13)25-18(27)12-4-1-2-7-15(12)26-22-8-9-23-26/h1-2,4,7-11,13-14H,3,5-6H2,(H,21,24)(H,25,27)/t13-,14+/m0/s1. The van der Waals surface area contributed by atoms with E-state index in [-0.39, 0.29) is 18.0 Å². The van der Waals surface area contributed by atoms with Crippen LogP contribution in [0.2, 0.25) is 0 Å². The first kappa shape index (κ1) is 17.6. The van der Waals surface area contributed by atoms with Crippen molar-refractivity contribution in [2.24, 2.45) is 0 Å². The van der Waals surface area contributed by atoms with Crippen LogP contribution in [0.1, 0.15) is 29.6 Å². The number of hydrogen-bond acceptors (Lipinski definition) is 6. The molecule has 1 aromatic carbocycles. The molecule has 1 fully saturated rings. The maximum Gasteiger partial charge on any atom is 0.253 e. The van der Waals surface area contributed by atoms with Crippen molar-refractivity contribution in [2.75, 3.05) is 5.32 Å². The smallest absolute Gasteiger partial charge is 0.253 e. The van der Waals surface area contributed by atoms with Crippen LogP contribution < -0.4 is 10.6 Å². The van der Waals surface area contributed by atoms with E-state index in [4.69, 9.17) is 0 Å². The van der Waals surface area contributed by atoms with Crippen LogP contribution in [0.5, 0.6) is 0 Å². The number of nitrogens with zero attached hydrogens (tertiary/aromatic N) is 5. The van der Waals surface area contributed by atoms with Crippen molar-refractivity contribution in [1.29, 1.82) is 0 Å². The van der Waals surface area contributed by atoms with Crippen LogP contribution in [-0.4, -0.2) is 43.0 Å². The monoisotopic (exact) mass is 427 g/mol. The molecule has 1 aliphatic carbocycles. The van der Waals surface area contributed by atoms with E-state index in [1.807, 2.05) is 18.2 Å². The van der Waals surface area contributed by atoms with Gasteiger partial charge in [-0.1, -0.05) is 12.1 Å². The number of carbonyl (C=O) groups excluding carboxylic acids is 1. The van der Waals surface area contributed by atoms with Crippen LogP contribution in [0.15, 0.2) is 53.7 Å². The fourth-order valence-corrected chi connectivity index (χ4v) is 3.51. The van der Waals surface area contributed by atoms with Crippen LogP contribution in [-0.2, 0) is 0 Å². The van der Waals surface area contributed by atoms with Gasteiger partial charge in [-0.2, -0.15) is 15.0 Å². The lowest BCUT2D eigenvalue weighted by molar-refractivity contribution is 0.0935. The number of para-hydroxylation sites is 1. The zero-order valence-electron chi connectivity index (χ0n) is 14.4. The van der Waals surface area contributed by atoms with E-state index < -0.39 is 0 Å². The molecule has 0 bridgehead atoms. The van der Waals surface area contributed by atoms with Gasteiger partial charge in [-0.15, -0.1) is 0 Å². The first-order valence-corrected chi connectivity index (χ1v) is 9.50. The molecular weight excluding hydrogens is 410 g/mol. The molecule has 8 nitrogen and oxygen atoms in total. The second kappa shape index (κ2) is 7.83. The van der Waals surface area contributed by atoms with Gasteiger partial charge in [0.25, 0.3) is 5.91 Å². The largest absolute Gasteiger partial charge is 0.364 e. The fraction of sp³-hybridized carbons (Fsp3) is 0.278. The van der Waals surface area contributed by atoms with E-state index in [1.165, 1.54) is 4.80 Å². The number of anilines is 1. The van der Waals surface area contributed by atoms with Crippen molar-refractivity contribution < 1.29 is 4.79 Å². The van der Waals surface area contributed by atoms with Gasteiger partial charge < -0.3 is 10.6 Å². The zero-order chi connectivity index (χ0) is 18.6. The summed E-state index contributed by atoms with van der Waals surface area (Å²) in [5.74, 6) is 0.564. The van der Waals surface area contributed by atoms with Crippen molar-refractivity contribution >= 4 is 27.7 Å². The van der Waals surface area contributed by atoms with Crippen molar-refractivity contribution in [3.63, 3.8) is 0 Å². The average molecular weight is 428 g/mol.